The van der Waals surface area contributed by atoms with Crippen LogP contribution >= 0.6 is 0 Å². The number of terminal acetylenes is 1. The van der Waals surface area contributed by atoms with E-state index in [1.165, 1.54) is 11.1 Å². The van der Waals surface area contributed by atoms with Gasteiger partial charge in [0.2, 0.25) is 0 Å². The quantitative estimate of drug-likeness (QED) is 0.714. The monoisotopic (exact) mass is 373 g/mol. The third-order valence-corrected chi connectivity index (χ3v) is 5.51. The summed E-state index contributed by atoms with van der Waals surface area (Å²) in [7, 11) is 1.95. The molecule has 2 aromatic carbocycles. The fourth-order valence-electron chi connectivity index (χ4n) is 3.90. The zero-order chi connectivity index (χ0) is 19.8. The molecule has 1 N–H and O–H groups in total. The van der Waals surface area contributed by atoms with Crippen LogP contribution in [0.2, 0.25) is 0 Å². The van der Waals surface area contributed by atoms with Crippen LogP contribution in [0.5, 0.6) is 5.75 Å². The molecular formula is C23H23N3O2. The van der Waals surface area contributed by atoms with Gasteiger partial charge in [-0.25, -0.2) is 4.98 Å². The predicted molar refractivity (Wildman–Crippen MR) is 109 cm³/mol. The highest BCUT2D eigenvalue weighted by molar-refractivity contribution is 6.01. The van der Waals surface area contributed by atoms with E-state index in [4.69, 9.17) is 16.1 Å². The highest BCUT2D eigenvalue weighted by Gasteiger charge is 2.30. The van der Waals surface area contributed by atoms with E-state index >= 15 is 0 Å². The van der Waals surface area contributed by atoms with Crippen molar-refractivity contribution in [1.29, 1.82) is 0 Å². The second kappa shape index (κ2) is 7.05. The first-order valence-corrected chi connectivity index (χ1v) is 9.44. The molecule has 28 heavy (non-hydrogen) atoms. The molecule has 4 rings (SSSR count). The molecule has 0 bridgehead atoms. The molecule has 0 saturated carbocycles. The Morgan fingerprint density at radius 2 is 2.18 bits per heavy atom. The molecule has 1 aliphatic heterocycles. The molecule has 0 fully saturated rings. The summed E-state index contributed by atoms with van der Waals surface area (Å²) in [6.07, 6.45) is 6.81. The Balaban J connectivity index is 1.86. The Kier molecular flexibility index (Phi) is 4.56. The van der Waals surface area contributed by atoms with Gasteiger partial charge in [-0.3, -0.25) is 4.79 Å². The lowest BCUT2D eigenvalue weighted by molar-refractivity contribution is 0.0954. The van der Waals surface area contributed by atoms with Gasteiger partial charge in [-0.05, 0) is 43.9 Å². The number of ether oxygens (including phenoxy) is 1. The van der Waals surface area contributed by atoms with Crippen LogP contribution in [-0.2, 0) is 13.5 Å². The summed E-state index contributed by atoms with van der Waals surface area (Å²) in [6.45, 7) is 4.24. The van der Waals surface area contributed by atoms with Crippen LogP contribution in [-0.4, -0.2) is 22.0 Å². The van der Waals surface area contributed by atoms with Crippen LogP contribution in [0.4, 0.5) is 0 Å². The van der Waals surface area contributed by atoms with Gasteiger partial charge in [0.15, 0.2) is 5.75 Å². The van der Waals surface area contributed by atoms with Crippen LogP contribution in [0.25, 0.3) is 11.0 Å². The largest absolute Gasteiger partial charge is 0.483 e. The maximum absolute atomic E-state index is 12.8. The number of fused-ring (bicyclic) bond motifs is 3. The number of nitrogens with zero attached hydrogens (tertiary/aromatic N) is 2. The fraction of sp³-hybridized carbons (Fsp3) is 0.304. The van der Waals surface area contributed by atoms with Crippen molar-refractivity contribution in [3.05, 3.63) is 58.4 Å². The highest BCUT2D eigenvalue weighted by atomic mass is 16.5. The number of imidazole rings is 1. The Hall–Kier alpha value is -3.26. The third-order valence-electron chi connectivity index (χ3n) is 5.51. The van der Waals surface area contributed by atoms with E-state index < -0.39 is 0 Å². The maximum atomic E-state index is 12.8. The van der Waals surface area contributed by atoms with Gasteiger partial charge in [-0.1, -0.05) is 30.2 Å². The second-order valence-electron chi connectivity index (χ2n) is 7.21. The highest BCUT2D eigenvalue weighted by Crippen LogP contribution is 2.42. The number of hydrogen-bond acceptors (Lipinski definition) is 3. The number of aromatic nitrogens is 2. The minimum absolute atomic E-state index is 0.0526. The molecule has 0 aliphatic carbocycles. The van der Waals surface area contributed by atoms with Crippen LogP contribution in [0.15, 0.2) is 30.3 Å². The number of benzene rings is 2. The van der Waals surface area contributed by atoms with Crippen molar-refractivity contribution in [3.8, 4) is 18.1 Å². The molecule has 2 heterocycles. The van der Waals surface area contributed by atoms with Gasteiger partial charge in [0, 0.05) is 18.2 Å². The second-order valence-corrected chi connectivity index (χ2v) is 7.21. The number of nitrogens with one attached hydrogen (secondary N) is 1. The minimum atomic E-state index is -0.173. The van der Waals surface area contributed by atoms with Crippen molar-refractivity contribution in [1.82, 2.24) is 14.9 Å². The summed E-state index contributed by atoms with van der Waals surface area (Å²) in [5.74, 6) is 3.87. The van der Waals surface area contributed by atoms with Gasteiger partial charge in [-0.15, -0.1) is 6.42 Å². The number of carbonyl (C=O) groups excluding carboxylic acids is 1. The number of hydrogen-bond donors (Lipinski definition) is 1. The van der Waals surface area contributed by atoms with Crippen molar-refractivity contribution in [2.45, 2.75) is 32.8 Å². The first-order chi connectivity index (χ1) is 13.5. The van der Waals surface area contributed by atoms with Crippen molar-refractivity contribution >= 4 is 16.9 Å². The SMILES string of the molecule is C#CCNC(=O)c1cc2c(nc(C)n2C)c2c1CC[C@@H](c1ccccc1C)O2. The van der Waals surface area contributed by atoms with Crippen LogP contribution in [0, 0.1) is 26.2 Å². The van der Waals surface area contributed by atoms with Gasteiger partial charge < -0.3 is 14.6 Å². The Labute approximate surface area is 164 Å². The van der Waals surface area contributed by atoms with Gasteiger partial charge in [0.1, 0.15) is 17.4 Å². The van der Waals surface area contributed by atoms with E-state index in [2.05, 4.69) is 30.3 Å². The van der Waals surface area contributed by atoms with E-state index in [0.717, 1.165) is 35.3 Å². The molecule has 142 valence electrons. The van der Waals surface area contributed by atoms with E-state index in [0.29, 0.717) is 11.3 Å². The molecule has 5 nitrogen and oxygen atoms in total. The van der Waals surface area contributed by atoms with Gasteiger partial charge in [-0.2, -0.15) is 0 Å². The average Bonchev–Trinajstić information content (AvgIpc) is 3.00. The minimum Gasteiger partial charge on any atom is -0.483 e. The number of rotatable bonds is 3. The zero-order valence-electron chi connectivity index (χ0n) is 16.4. The molecular weight excluding hydrogens is 350 g/mol. The molecule has 1 aromatic heterocycles. The average molecular weight is 373 g/mol. The van der Waals surface area contributed by atoms with Crippen molar-refractivity contribution in [2.24, 2.45) is 7.05 Å². The Morgan fingerprint density at radius 3 is 2.93 bits per heavy atom. The van der Waals surface area contributed by atoms with Crippen LogP contribution in [0.3, 0.4) is 0 Å². The molecule has 0 radical (unpaired) electrons. The number of carbonyl (C=O) groups is 1. The first-order valence-electron chi connectivity index (χ1n) is 9.44. The summed E-state index contributed by atoms with van der Waals surface area (Å²) in [4.78, 5) is 17.5. The lowest BCUT2D eigenvalue weighted by Crippen LogP contribution is -2.26. The predicted octanol–water partition coefficient (Wildman–Crippen LogP) is 3.62. The van der Waals surface area contributed by atoms with Crippen molar-refractivity contribution < 1.29 is 9.53 Å². The van der Waals surface area contributed by atoms with Gasteiger partial charge in [0.05, 0.1) is 12.1 Å². The zero-order valence-corrected chi connectivity index (χ0v) is 16.4. The normalized spacial score (nSPS) is 15.6. The van der Waals surface area contributed by atoms with Crippen molar-refractivity contribution in [3.63, 3.8) is 0 Å². The lowest BCUT2D eigenvalue weighted by atomic mass is 9.91. The third kappa shape index (κ3) is 2.91. The summed E-state index contributed by atoms with van der Waals surface area (Å²) >= 11 is 0. The number of aryl methyl sites for hydroxylation is 3. The van der Waals surface area contributed by atoms with E-state index in [-0.39, 0.29) is 18.6 Å². The number of amides is 1. The van der Waals surface area contributed by atoms with E-state index in [1.54, 1.807) is 0 Å². The molecule has 5 heteroatoms. The molecule has 1 amide bonds. The topological polar surface area (TPSA) is 56.2 Å². The summed E-state index contributed by atoms with van der Waals surface area (Å²) in [5.41, 5.74) is 5.59. The molecule has 1 aliphatic rings. The maximum Gasteiger partial charge on any atom is 0.252 e. The molecule has 0 spiro atoms. The van der Waals surface area contributed by atoms with Crippen molar-refractivity contribution in [2.75, 3.05) is 6.54 Å². The van der Waals surface area contributed by atoms with Gasteiger partial charge >= 0.3 is 0 Å². The molecule has 1 atom stereocenters. The smallest absolute Gasteiger partial charge is 0.252 e. The Bertz CT molecular complexity index is 1120. The van der Waals surface area contributed by atoms with Crippen LogP contribution in [0.1, 0.15) is 45.4 Å². The Morgan fingerprint density at radius 1 is 1.39 bits per heavy atom. The summed E-state index contributed by atoms with van der Waals surface area (Å²) < 4.78 is 8.46. The molecule has 0 saturated heterocycles. The summed E-state index contributed by atoms with van der Waals surface area (Å²) in [5, 5.41) is 2.78. The van der Waals surface area contributed by atoms with Gasteiger partial charge in [0.25, 0.3) is 5.91 Å². The molecule has 3 aromatic rings. The fourth-order valence-corrected chi connectivity index (χ4v) is 3.90. The standard InChI is InChI=1S/C23H23N3O2/c1-5-12-24-23(27)18-13-19-21(25-15(3)26(19)4)22-17(18)10-11-20(28-22)16-9-7-6-8-14(16)2/h1,6-9,13,20H,10-12H2,2-4H3,(H,24,27)/t20-/m0/s1. The summed E-state index contributed by atoms with van der Waals surface area (Å²) in [6, 6.07) is 10.2. The van der Waals surface area contributed by atoms with Crippen LogP contribution < -0.4 is 10.1 Å². The lowest BCUT2D eigenvalue weighted by Gasteiger charge is -2.29. The first kappa shape index (κ1) is 18.1. The van der Waals surface area contributed by atoms with E-state index in [9.17, 15) is 4.79 Å². The van der Waals surface area contributed by atoms with E-state index in [1.807, 2.05) is 36.7 Å². The molecule has 0 unspecified atom stereocenters.